The van der Waals surface area contributed by atoms with E-state index in [1.54, 1.807) is 6.92 Å². The summed E-state index contributed by atoms with van der Waals surface area (Å²) in [5, 5.41) is 20.7. The number of aromatic hydroxyl groups is 1. The van der Waals surface area contributed by atoms with Crippen LogP contribution < -0.4 is 0 Å². The molecule has 0 aliphatic heterocycles. The summed E-state index contributed by atoms with van der Waals surface area (Å²) in [5.74, 6) is 0.152. The summed E-state index contributed by atoms with van der Waals surface area (Å²) in [6.07, 6.45) is 0.791. The predicted molar refractivity (Wildman–Crippen MR) is 82.1 cm³/mol. The maximum atomic E-state index is 10.2. The molecule has 0 fully saturated rings. The molecule has 21 heavy (non-hydrogen) atoms. The Balaban J connectivity index is 2.12. The fraction of sp³-hybridized carbons (Fsp3) is 0.111. The molecule has 3 aromatic rings. The van der Waals surface area contributed by atoms with Gasteiger partial charge in [0, 0.05) is 10.8 Å². The van der Waals surface area contributed by atoms with Crippen LogP contribution in [0.15, 0.2) is 48.5 Å². The van der Waals surface area contributed by atoms with Gasteiger partial charge in [-0.15, -0.1) is 0 Å². The molecule has 0 atom stereocenters. The Morgan fingerprint density at radius 1 is 1.05 bits per heavy atom. The Kier molecular flexibility index (Phi) is 3.29. The Morgan fingerprint density at radius 2 is 1.81 bits per heavy atom. The Morgan fingerprint density at radius 3 is 2.52 bits per heavy atom. The summed E-state index contributed by atoms with van der Waals surface area (Å²) in [7, 11) is 0. The van der Waals surface area contributed by atoms with Crippen LogP contribution >= 0.6 is 0 Å². The summed E-state index contributed by atoms with van der Waals surface area (Å²) in [4.78, 5) is 4.12. The first-order valence-corrected chi connectivity index (χ1v) is 6.75. The predicted octanol–water partition coefficient (Wildman–Crippen LogP) is 3.71. The van der Waals surface area contributed by atoms with Crippen molar-refractivity contribution < 1.29 is 5.11 Å². The van der Waals surface area contributed by atoms with Crippen LogP contribution in [0.4, 0.5) is 0 Å². The highest BCUT2D eigenvalue weighted by Crippen LogP contribution is 2.30. The molecule has 102 valence electrons. The van der Waals surface area contributed by atoms with Crippen LogP contribution in [-0.4, -0.2) is 10.1 Å². The SMILES string of the molecule is Cc1nc(C#N)c2ccc(Cc3ccccc3)cc2c1O. The van der Waals surface area contributed by atoms with Gasteiger partial charge < -0.3 is 5.11 Å². The van der Waals surface area contributed by atoms with Crippen LogP contribution in [0.5, 0.6) is 5.75 Å². The number of benzene rings is 2. The van der Waals surface area contributed by atoms with E-state index in [0.29, 0.717) is 22.2 Å². The van der Waals surface area contributed by atoms with Gasteiger partial charge in [-0.2, -0.15) is 5.26 Å². The largest absolute Gasteiger partial charge is 0.505 e. The number of pyridine rings is 1. The van der Waals surface area contributed by atoms with Crippen LogP contribution in [-0.2, 0) is 6.42 Å². The molecule has 1 heterocycles. The van der Waals surface area contributed by atoms with Crippen molar-refractivity contribution in [3.05, 3.63) is 71.0 Å². The van der Waals surface area contributed by atoms with E-state index in [4.69, 9.17) is 5.26 Å². The van der Waals surface area contributed by atoms with Gasteiger partial charge in [-0.25, -0.2) is 4.98 Å². The summed E-state index contributed by atoms with van der Waals surface area (Å²) < 4.78 is 0. The lowest BCUT2D eigenvalue weighted by molar-refractivity contribution is 0.474. The molecule has 0 saturated heterocycles. The van der Waals surface area contributed by atoms with Gasteiger partial charge in [0.2, 0.25) is 0 Å². The van der Waals surface area contributed by atoms with Gasteiger partial charge in [-0.05, 0) is 30.5 Å². The zero-order chi connectivity index (χ0) is 14.8. The second-order valence-electron chi connectivity index (χ2n) is 5.05. The Hall–Kier alpha value is -2.86. The quantitative estimate of drug-likeness (QED) is 0.775. The summed E-state index contributed by atoms with van der Waals surface area (Å²) >= 11 is 0. The van der Waals surface area contributed by atoms with Gasteiger partial charge in [0.05, 0.1) is 5.69 Å². The molecule has 0 radical (unpaired) electrons. The minimum atomic E-state index is 0.152. The number of nitrogens with zero attached hydrogens (tertiary/aromatic N) is 2. The fourth-order valence-electron chi connectivity index (χ4n) is 2.50. The first-order valence-electron chi connectivity index (χ1n) is 6.75. The highest BCUT2D eigenvalue weighted by molar-refractivity contribution is 5.92. The second kappa shape index (κ2) is 5.26. The zero-order valence-corrected chi connectivity index (χ0v) is 11.7. The third-order valence-corrected chi connectivity index (χ3v) is 3.57. The lowest BCUT2D eigenvalue weighted by Gasteiger charge is -2.08. The average molecular weight is 274 g/mol. The molecule has 0 saturated carbocycles. The van der Waals surface area contributed by atoms with Crippen LogP contribution in [0, 0.1) is 18.3 Å². The molecule has 2 aromatic carbocycles. The van der Waals surface area contributed by atoms with Crippen LogP contribution in [0.3, 0.4) is 0 Å². The van der Waals surface area contributed by atoms with Gasteiger partial charge in [0.15, 0.2) is 0 Å². The number of aromatic nitrogens is 1. The summed E-state index contributed by atoms with van der Waals surface area (Å²) in [6.45, 7) is 1.71. The molecule has 0 bridgehead atoms. The molecular weight excluding hydrogens is 260 g/mol. The molecular formula is C18H14N2O. The molecule has 0 spiro atoms. The maximum Gasteiger partial charge on any atom is 0.148 e. The Labute approximate surface area is 123 Å². The third-order valence-electron chi connectivity index (χ3n) is 3.57. The topological polar surface area (TPSA) is 56.9 Å². The van der Waals surface area contributed by atoms with Gasteiger partial charge in [-0.1, -0.05) is 42.5 Å². The van der Waals surface area contributed by atoms with Crippen LogP contribution in [0.25, 0.3) is 10.8 Å². The number of nitriles is 1. The van der Waals surface area contributed by atoms with Crippen molar-refractivity contribution in [1.29, 1.82) is 5.26 Å². The van der Waals surface area contributed by atoms with Crippen molar-refractivity contribution in [2.24, 2.45) is 0 Å². The molecule has 3 heteroatoms. The van der Waals surface area contributed by atoms with Crippen molar-refractivity contribution in [2.75, 3.05) is 0 Å². The minimum absolute atomic E-state index is 0.152. The normalized spacial score (nSPS) is 10.5. The molecule has 0 amide bonds. The lowest BCUT2D eigenvalue weighted by atomic mass is 10.00. The number of fused-ring (bicyclic) bond motifs is 1. The highest BCUT2D eigenvalue weighted by Gasteiger charge is 2.11. The smallest absolute Gasteiger partial charge is 0.148 e. The molecule has 1 aromatic heterocycles. The van der Waals surface area contributed by atoms with E-state index < -0.39 is 0 Å². The van der Waals surface area contributed by atoms with E-state index in [9.17, 15) is 5.11 Å². The van der Waals surface area contributed by atoms with Crippen LogP contribution in [0.2, 0.25) is 0 Å². The van der Waals surface area contributed by atoms with E-state index in [1.807, 2.05) is 36.4 Å². The molecule has 3 nitrogen and oxygen atoms in total. The summed E-state index contributed by atoms with van der Waals surface area (Å²) in [5.41, 5.74) is 3.14. The van der Waals surface area contributed by atoms with Crippen molar-refractivity contribution in [3.63, 3.8) is 0 Å². The van der Waals surface area contributed by atoms with Gasteiger partial charge in [-0.3, -0.25) is 0 Å². The molecule has 0 aliphatic rings. The standard InChI is InChI=1S/C18H14N2O/c1-12-18(21)16-10-14(9-13-5-3-2-4-6-13)7-8-15(16)17(11-19)20-12/h2-8,10,21H,9H2,1H3. The summed E-state index contributed by atoms with van der Waals surface area (Å²) in [6, 6.07) is 18.0. The third kappa shape index (κ3) is 2.44. The molecule has 0 unspecified atom stereocenters. The number of hydrogen-bond donors (Lipinski definition) is 1. The average Bonchev–Trinajstić information content (AvgIpc) is 2.52. The maximum absolute atomic E-state index is 10.2. The second-order valence-corrected chi connectivity index (χ2v) is 5.05. The first-order chi connectivity index (χ1) is 10.2. The van der Waals surface area contributed by atoms with Crippen molar-refractivity contribution in [3.8, 4) is 11.8 Å². The molecule has 3 rings (SSSR count). The van der Waals surface area contributed by atoms with E-state index in [0.717, 1.165) is 12.0 Å². The molecule has 0 aliphatic carbocycles. The van der Waals surface area contributed by atoms with E-state index in [2.05, 4.69) is 23.2 Å². The zero-order valence-electron chi connectivity index (χ0n) is 11.7. The first kappa shape index (κ1) is 13.1. The van der Waals surface area contributed by atoms with Gasteiger partial charge in [0.1, 0.15) is 17.5 Å². The van der Waals surface area contributed by atoms with Gasteiger partial charge in [0.25, 0.3) is 0 Å². The fourth-order valence-corrected chi connectivity index (χ4v) is 2.50. The Bertz CT molecular complexity index is 848. The highest BCUT2D eigenvalue weighted by atomic mass is 16.3. The van der Waals surface area contributed by atoms with Crippen LogP contribution in [0.1, 0.15) is 22.5 Å². The van der Waals surface area contributed by atoms with Crippen molar-refractivity contribution >= 4 is 10.8 Å². The van der Waals surface area contributed by atoms with E-state index >= 15 is 0 Å². The van der Waals surface area contributed by atoms with Crippen molar-refractivity contribution in [1.82, 2.24) is 4.98 Å². The number of hydrogen-bond acceptors (Lipinski definition) is 3. The van der Waals surface area contributed by atoms with Gasteiger partial charge >= 0.3 is 0 Å². The minimum Gasteiger partial charge on any atom is -0.505 e. The van der Waals surface area contributed by atoms with E-state index in [-0.39, 0.29) is 5.75 Å². The van der Waals surface area contributed by atoms with Crippen molar-refractivity contribution in [2.45, 2.75) is 13.3 Å². The number of rotatable bonds is 2. The molecule has 1 N–H and O–H groups in total. The number of aryl methyl sites for hydroxylation is 1. The lowest BCUT2D eigenvalue weighted by Crippen LogP contribution is -1.93. The monoisotopic (exact) mass is 274 g/mol. The van der Waals surface area contributed by atoms with E-state index in [1.165, 1.54) is 5.56 Å².